The van der Waals surface area contributed by atoms with Gasteiger partial charge >= 0.3 is 5.97 Å². The summed E-state index contributed by atoms with van der Waals surface area (Å²) < 4.78 is 5.51. The first-order valence-corrected chi connectivity index (χ1v) is 10.4. The highest BCUT2D eigenvalue weighted by Gasteiger charge is 2.45. The number of esters is 1. The van der Waals surface area contributed by atoms with Crippen molar-refractivity contribution in [2.45, 2.75) is 44.2 Å². The van der Waals surface area contributed by atoms with Gasteiger partial charge in [-0.3, -0.25) is 14.5 Å². The Kier molecular flexibility index (Phi) is 5.98. The predicted molar refractivity (Wildman–Crippen MR) is 114 cm³/mol. The molecule has 2 amide bonds. The molecule has 0 aromatic heterocycles. The van der Waals surface area contributed by atoms with E-state index in [-0.39, 0.29) is 5.91 Å². The van der Waals surface area contributed by atoms with Crippen LogP contribution in [0.1, 0.15) is 38.1 Å². The van der Waals surface area contributed by atoms with E-state index in [1.807, 2.05) is 19.1 Å². The van der Waals surface area contributed by atoms with Crippen molar-refractivity contribution >= 4 is 40.9 Å². The Morgan fingerprint density at radius 1 is 1.14 bits per heavy atom. The third-order valence-electron chi connectivity index (χ3n) is 4.77. The van der Waals surface area contributed by atoms with Gasteiger partial charge < -0.3 is 10.1 Å². The Bertz CT molecular complexity index is 957. The lowest BCUT2D eigenvalue weighted by molar-refractivity contribution is -0.131. The van der Waals surface area contributed by atoms with Crippen LogP contribution in [0.2, 0.25) is 0 Å². The van der Waals surface area contributed by atoms with E-state index in [0.29, 0.717) is 16.9 Å². The zero-order valence-electron chi connectivity index (χ0n) is 16.9. The summed E-state index contributed by atoms with van der Waals surface area (Å²) in [6, 6.07) is 14.2. The number of nitrogens with zero attached hydrogens (tertiary/aromatic N) is 1. The van der Waals surface area contributed by atoms with E-state index in [1.165, 1.54) is 23.6 Å². The first-order chi connectivity index (χ1) is 13.8. The molecule has 1 atom stereocenters. The minimum Gasteiger partial charge on any atom is -0.449 e. The van der Waals surface area contributed by atoms with Crippen LogP contribution in [0.15, 0.2) is 53.4 Å². The van der Waals surface area contributed by atoms with Gasteiger partial charge in [0.2, 0.25) is 5.91 Å². The molecule has 0 saturated heterocycles. The van der Waals surface area contributed by atoms with Gasteiger partial charge in [0.15, 0.2) is 6.10 Å². The summed E-state index contributed by atoms with van der Waals surface area (Å²) >= 11 is 1.54. The van der Waals surface area contributed by atoms with E-state index in [9.17, 15) is 14.4 Å². The number of benzene rings is 2. The van der Waals surface area contributed by atoms with Crippen LogP contribution in [-0.4, -0.2) is 35.2 Å². The number of fused-ring (bicyclic) bond motifs is 1. The summed E-state index contributed by atoms with van der Waals surface area (Å²) in [5, 5.41) is 2.82. The van der Waals surface area contributed by atoms with Crippen molar-refractivity contribution in [2.75, 3.05) is 16.0 Å². The number of thioether (sulfide) groups is 1. The number of ether oxygens (including phenoxy) is 1. The van der Waals surface area contributed by atoms with Crippen LogP contribution in [0, 0.1) is 0 Å². The van der Waals surface area contributed by atoms with E-state index < -0.39 is 23.5 Å². The molecule has 0 bridgehead atoms. The van der Waals surface area contributed by atoms with Crippen molar-refractivity contribution in [3.05, 3.63) is 54.1 Å². The standard InChI is InChI=1S/C22H24N2O4S/c1-5-29-18-13-9-6-10-15(18)20(26)28-14(2)19(25)24-17-12-8-7-11-16(17)23-21(27)22(24,3)4/h6-14H,5H2,1-4H3,(H,23,27)/t14-/m0/s1. The smallest absolute Gasteiger partial charge is 0.340 e. The van der Waals surface area contributed by atoms with E-state index in [2.05, 4.69) is 5.32 Å². The first kappa shape index (κ1) is 20.9. The maximum absolute atomic E-state index is 13.3. The van der Waals surface area contributed by atoms with Crippen LogP contribution in [0.4, 0.5) is 11.4 Å². The minimum atomic E-state index is -1.12. The molecule has 1 aliphatic rings. The highest BCUT2D eigenvalue weighted by atomic mass is 32.2. The van der Waals surface area contributed by atoms with Gasteiger partial charge in [-0.2, -0.15) is 0 Å². The number of anilines is 2. The second-order valence-electron chi connectivity index (χ2n) is 7.18. The summed E-state index contributed by atoms with van der Waals surface area (Å²) in [6.07, 6.45) is -1.06. The van der Waals surface area contributed by atoms with Gasteiger partial charge in [0.25, 0.3) is 5.91 Å². The summed E-state index contributed by atoms with van der Waals surface area (Å²) in [6.45, 7) is 6.86. The molecule has 0 fully saturated rings. The van der Waals surface area contributed by atoms with Crippen molar-refractivity contribution in [1.29, 1.82) is 0 Å². The zero-order valence-corrected chi connectivity index (χ0v) is 17.7. The molecule has 3 rings (SSSR count). The summed E-state index contributed by atoms with van der Waals surface area (Å²) in [5.74, 6) is -0.499. The number of para-hydroxylation sites is 2. The SMILES string of the molecule is CCSc1ccccc1C(=O)O[C@@H](C)C(=O)N1c2ccccc2NC(=O)C1(C)C. The Morgan fingerprint density at radius 3 is 2.52 bits per heavy atom. The van der Waals surface area contributed by atoms with Crippen LogP contribution in [0.5, 0.6) is 0 Å². The van der Waals surface area contributed by atoms with Crippen LogP contribution in [-0.2, 0) is 14.3 Å². The Morgan fingerprint density at radius 2 is 1.79 bits per heavy atom. The monoisotopic (exact) mass is 412 g/mol. The molecule has 0 aliphatic carbocycles. The Labute approximate surface area is 174 Å². The average Bonchev–Trinajstić information content (AvgIpc) is 2.69. The van der Waals surface area contributed by atoms with Crippen LogP contribution in [0.3, 0.4) is 0 Å². The van der Waals surface area contributed by atoms with E-state index in [4.69, 9.17) is 4.74 Å². The highest BCUT2D eigenvalue weighted by molar-refractivity contribution is 7.99. The quantitative estimate of drug-likeness (QED) is 0.591. The lowest BCUT2D eigenvalue weighted by atomic mass is 9.95. The highest BCUT2D eigenvalue weighted by Crippen LogP contribution is 2.37. The Balaban J connectivity index is 1.86. The fraction of sp³-hybridized carbons (Fsp3) is 0.318. The molecule has 0 spiro atoms. The van der Waals surface area contributed by atoms with Gasteiger partial charge in [0.05, 0.1) is 16.9 Å². The van der Waals surface area contributed by atoms with Gasteiger partial charge in [0, 0.05) is 4.90 Å². The molecule has 1 heterocycles. The molecule has 1 aliphatic heterocycles. The predicted octanol–water partition coefficient (Wildman–Crippen LogP) is 4.11. The van der Waals surface area contributed by atoms with E-state index in [1.54, 1.807) is 50.2 Å². The largest absolute Gasteiger partial charge is 0.449 e. The molecule has 152 valence electrons. The number of rotatable bonds is 5. The minimum absolute atomic E-state index is 0.298. The third-order valence-corrected chi connectivity index (χ3v) is 5.72. The molecule has 1 N–H and O–H groups in total. The number of carbonyl (C=O) groups is 3. The number of carbonyl (C=O) groups excluding carboxylic acids is 3. The van der Waals surface area contributed by atoms with Gasteiger partial charge in [-0.15, -0.1) is 11.8 Å². The number of amides is 2. The molecule has 0 unspecified atom stereocenters. The normalized spacial score (nSPS) is 15.9. The second-order valence-corrected chi connectivity index (χ2v) is 8.49. The van der Waals surface area contributed by atoms with Gasteiger partial charge in [0.1, 0.15) is 5.54 Å². The molecule has 6 nitrogen and oxygen atoms in total. The Hall–Kier alpha value is -2.80. The molecule has 0 radical (unpaired) electrons. The number of hydrogen-bond donors (Lipinski definition) is 1. The van der Waals surface area contributed by atoms with Crippen molar-refractivity contribution in [1.82, 2.24) is 0 Å². The van der Waals surface area contributed by atoms with Crippen LogP contribution in [0.25, 0.3) is 0 Å². The van der Waals surface area contributed by atoms with Crippen molar-refractivity contribution in [3.8, 4) is 0 Å². The maximum Gasteiger partial charge on any atom is 0.340 e. The van der Waals surface area contributed by atoms with Crippen molar-refractivity contribution in [3.63, 3.8) is 0 Å². The third kappa shape index (κ3) is 4.00. The van der Waals surface area contributed by atoms with Gasteiger partial charge in [-0.05, 0) is 50.8 Å². The molecular weight excluding hydrogens is 388 g/mol. The summed E-state index contributed by atoms with van der Waals surface area (Å²) in [7, 11) is 0. The van der Waals surface area contributed by atoms with Crippen molar-refractivity contribution < 1.29 is 19.1 Å². The van der Waals surface area contributed by atoms with Gasteiger partial charge in [-0.1, -0.05) is 31.2 Å². The number of hydrogen-bond acceptors (Lipinski definition) is 5. The summed E-state index contributed by atoms with van der Waals surface area (Å²) in [4.78, 5) is 40.8. The molecule has 0 saturated carbocycles. The molecule has 2 aromatic rings. The molecule has 29 heavy (non-hydrogen) atoms. The lowest BCUT2D eigenvalue weighted by Crippen LogP contribution is -2.60. The molecule has 2 aromatic carbocycles. The van der Waals surface area contributed by atoms with E-state index in [0.717, 1.165) is 10.6 Å². The van der Waals surface area contributed by atoms with Gasteiger partial charge in [-0.25, -0.2) is 4.79 Å². The van der Waals surface area contributed by atoms with E-state index >= 15 is 0 Å². The maximum atomic E-state index is 13.3. The average molecular weight is 413 g/mol. The first-order valence-electron chi connectivity index (χ1n) is 9.44. The second kappa shape index (κ2) is 8.29. The summed E-state index contributed by atoms with van der Waals surface area (Å²) in [5.41, 5.74) is 0.428. The van der Waals surface area contributed by atoms with Crippen molar-refractivity contribution in [2.24, 2.45) is 0 Å². The fourth-order valence-corrected chi connectivity index (χ4v) is 4.01. The molecular formula is C22H24N2O4S. The zero-order chi connectivity index (χ0) is 21.2. The lowest BCUT2D eigenvalue weighted by Gasteiger charge is -2.42. The van der Waals surface area contributed by atoms with Crippen LogP contribution < -0.4 is 10.2 Å². The fourth-order valence-electron chi connectivity index (χ4n) is 3.22. The number of nitrogens with one attached hydrogen (secondary N) is 1. The molecule has 7 heteroatoms. The van der Waals surface area contributed by atoms with Crippen LogP contribution >= 0.6 is 11.8 Å². The topological polar surface area (TPSA) is 75.7 Å².